The highest BCUT2D eigenvalue weighted by atomic mass is 16.5. The van der Waals surface area contributed by atoms with E-state index in [-0.39, 0.29) is 24.9 Å². The molecule has 340 valence electrons. The Morgan fingerprint density at radius 1 is 0.517 bits per heavy atom. The average molecular weight is 816 g/mol. The van der Waals surface area contributed by atoms with Crippen LogP contribution in [0.15, 0.2) is 36.5 Å². The Balaban J connectivity index is 4.53. The second-order valence-corrected chi connectivity index (χ2v) is 17.3. The van der Waals surface area contributed by atoms with E-state index in [1.54, 1.807) is 0 Å². The number of carbonyl (C=O) groups is 2. The number of hydrogen-bond acceptors (Lipinski definition) is 5. The van der Waals surface area contributed by atoms with Gasteiger partial charge in [-0.05, 0) is 44.9 Å². The van der Waals surface area contributed by atoms with Gasteiger partial charge in [0.05, 0.1) is 25.2 Å². The van der Waals surface area contributed by atoms with E-state index in [0.717, 1.165) is 83.5 Å². The Morgan fingerprint density at radius 3 is 1.40 bits per heavy atom. The fourth-order valence-electron chi connectivity index (χ4n) is 7.73. The number of carbonyl (C=O) groups excluding carboxylic acids is 2. The van der Waals surface area contributed by atoms with E-state index >= 15 is 0 Å². The molecule has 0 radical (unpaired) electrons. The summed E-state index contributed by atoms with van der Waals surface area (Å²) in [7, 11) is 0. The standard InChI is InChI=1S/C52H97NO5/c1-4-7-10-13-16-19-21-23-24-25-26-28-30-33-36-39-42-45-52(57)58-48(43-40-37-34-32-29-27-22-20-17-14-11-8-5-2)46-51(56)53-49(47-54)50(55)44-41-38-35-31-18-15-12-9-6-3/h8,11,14,17,20,22,48-50,54-55H,4-7,9-10,12-13,15-16,18-19,21,23-47H2,1-3H3,(H,53,56)/b11-8+,17-14+,22-20+. The summed E-state index contributed by atoms with van der Waals surface area (Å²) in [5.41, 5.74) is 0. The van der Waals surface area contributed by atoms with Crippen molar-refractivity contribution in [1.29, 1.82) is 0 Å². The zero-order valence-corrected chi connectivity index (χ0v) is 38.7. The Bertz CT molecular complexity index is 961. The summed E-state index contributed by atoms with van der Waals surface area (Å²) in [6, 6.07) is -0.704. The number of rotatable bonds is 45. The SMILES string of the molecule is CC/C=C/C=C/C=C/CCCCCCCC(CC(=O)NC(CO)C(O)CCCCCCCCCCC)OC(=O)CCCCCCCCCCCCCCCCCCC. The largest absolute Gasteiger partial charge is 0.462 e. The highest BCUT2D eigenvalue weighted by Gasteiger charge is 2.24. The molecule has 3 atom stereocenters. The lowest BCUT2D eigenvalue weighted by Gasteiger charge is -2.24. The molecule has 6 heteroatoms. The van der Waals surface area contributed by atoms with Crippen molar-refractivity contribution in [1.82, 2.24) is 5.32 Å². The van der Waals surface area contributed by atoms with Crippen LogP contribution in [0.3, 0.4) is 0 Å². The molecule has 58 heavy (non-hydrogen) atoms. The Labute approximate surface area is 360 Å². The number of unbranched alkanes of at least 4 members (excludes halogenated alkanes) is 29. The van der Waals surface area contributed by atoms with Gasteiger partial charge in [-0.2, -0.15) is 0 Å². The van der Waals surface area contributed by atoms with Gasteiger partial charge in [-0.1, -0.05) is 237 Å². The van der Waals surface area contributed by atoms with Crippen LogP contribution in [-0.4, -0.2) is 46.9 Å². The Hall–Kier alpha value is -1.92. The molecule has 0 rings (SSSR count). The zero-order valence-electron chi connectivity index (χ0n) is 38.7. The number of amides is 1. The van der Waals surface area contributed by atoms with Crippen LogP contribution in [0.4, 0.5) is 0 Å². The van der Waals surface area contributed by atoms with Crippen LogP contribution < -0.4 is 5.32 Å². The smallest absolute Gasteiger partial charge is 0.306 e. The van der Waals surface area contributed by atoms with Crippen molar-refractivity contribution in [3.63, 3.8) is 0 Å². The first-order valence-electron chi connectivity index (χ1n) is 25.2. The minimum Gasteiger partial charge on any atom is -0.462 e. The van der Waals surface area contributed by atoms with E-state index in [1.165, 1.54) is 128 Å². The number of nitrogens with one attached hydrogen (secondary N) is 1. The van der Waals surface area contributed by atoms with Gasteiger partial charge in [0.25, 0.3) is 0 Å². The summed E-state index contributed by atoms with van der Waals surface area (Å²) in [6.07, 6.45) is 53.5. The normalized spacial score (nSPS) is 13.5. The van der Waals surface area contributed by atoms with Crippen molar-refractivity contribution < 1.29 is 24.5 Å². The summed E-state index contributed by atoms with van der Waals surface area (Å²) in [6.45, 7) is 6.34. The lowest BCUT2D eigenvalue weighted by atomic mass is 10.0. The first-order valence-corrected chi connectivity index (χ1v) is 25.2. The topological polar surface area (TPSA) is 95.9 Å². The van der Waals surface area contributed by atoms with E-state index in [0.29, 0.717) is 19.3 Å². The number of aliphatic hydroxyl groups excluding tert-OH is 2. The molecule has 0 aromatic heterocycles. The van der Waals surface area contributed by atoms with Gasteiger partial charge in [-0.3, -0.25) is 9.59 Å². The summed E-state index contributed by atoms with van der Waals surface area (Å²) in [4.78, 5) is 26.1. The zero-order chi connectivity index (χ0) is 42.4. The van der Waals surface area contributed by atoms with Crippen molar-refractivity contribution in [3.8, 4) is 0 Å². The Morgan fingerprint density at radius 2 is 0.931 bits per heavy atom. The van der Waals surface area contributed by atoms with Crippen molar-refractivity contribution in [3.05, 3.63) is 36.5 Å². The van der Waals surface area contributed by atoms with Gasteiger partial charge in [0.1, 0.15) is 6.10 Å². The van der Waals surface area contributed by atoms with Gasteiger partial charge in [0, 0.05) is 6.42 Å². The van der Waals surface area contributed by atoms with E-state index in [9.17, 15) is 19.8 Å². The maximum atomic E-state index is 13.2. The molecule has 0 aromatic rings. The highest BCUT2D eigenvalue weighted by Crippen LogP contribution is 2.18. The number of aliphatic hydroxyl groups is 2. The predicted octanol–water partition coefficient (Wildman–Crippen LogP) is 14.9. The molecule has 0 aliphatic carbocycles. The predicted molar refractivity (Wildman–Crippen MR) is 250 cm³/mol. The van der Waals surface area contributed by atoms with Crippen molar-refractivity contribution >= 4 is 11.9 Å². The second-order valence-electron chi connectivity index (χ2n) is 17.3. The van der Waals surface area contributed by atoms with E-state index in [4.69, 9.17) is 4.74 Å². The molecular weight excluding hydrogens is 719 g/mol. The molecule has 0 aliphatic rings. The van der Waals surface area contributed by atoms with E-state index < -0.39 is 18.2 Å². The maximum Gasteiger partial charge on any atom is 0.306 e. The first kappa shape index (κ1) is 56.1. The maximum absolute atomic E-state index is 13.2. The van der Waals surface area contributed by atoms with Crippen molar-refractivity contribution in [2.24, 2.45) is 0 Å². The number of allylic oxidation sites excluding steroid dienone is 6. The average Bonchev–Trinajstić information content (AvgIpc) is 3.22. The van der Waals surface area contributed by atoms with Gasteiger partial charge < -0.3 is 20.3 Å². The molecule has 6 nitrogen and oxygen atoms in total. The molecule has 0 fully saturated rings. The summed E-state index contributed by atoms with van der Waals surface area (Å²) < 4.78 is 5.92. The third-order valence-corrected chi connectivity index (χ3v) is 11.5. The molecule has 3 N–H and O–H groups in total. The lowest BCUT2D eigenvalue weighted by Crippen LogP contribution is -2.46. The fourth-order valence-corrected chi connectivity index (χ4v) is 7.73. The molecule has 1 amide bonds. The van der Waals surface area contributed by atoms with Crippen LogP contribution >= 0.6 is 0 Å². The fraction of sp³-hybridized carbons (Fsp3) is 0.846. The molecule has 0 spiro atoms. The molecule has 0 heterocycles. The molecule has 0 bridgehead atoms. The lowest BCUT2D eigenvalue weighted by molar-refractivity contribution is -0.151. The van der Waals surface area contributed by atoms with Crippen LogP contribution in [0.5, 0.6) is 0 Å². The third-order valence-electron chi connectivity index (χ3n) is 11.5. The van der Waals surface area contributed by atoms with E-state index in [2.05, 4.69) is 62.5 Å². The summed E-state index contributed by atoms with van der Waals surface area (Å²) >= 11 is 0. The van der Waals surface area contributed by atoms with Crippen LogP contribution in [-0.2, 0) is 14.3 Å². The van der Waals surface area contributed by atoms with Gasteiger partial charge >= 0.3 is 5.97 Å². The van der Waals surface area contributed by atoms with Crippen LogP contribution in [0.1, 0.15) is 258 Å². The van der Waals surface area contributed by atoms with Crippen molar-refractivity contribution in [2.45, 2.75) is 277 Å². The molecule has 3 unspecified atom stereocenters. The van der Waals surface area contributed by atoms with Crippen LogP contribution in [0.25, 0.3) is 0 Å². The van der Waals surface area contributed by atoms with Crippen LogP contribution in [0.2, 0.25) is 0 Å². The molecule has 0 aliphatic heterocycles. The van der Waals surface area contributed by atoms with E-state index in [1.807, 2.05) is 0 Å². The third kappa shape index (κ3) is 40.8. The van der Waals surface area contributed by atoms with Gasteiger partial charge in [0.15, 0.2) is 0 Å². The minimum atomic E-state index is -0.789. The summed E-state index contributed by atoms with van der Waals surface area (Å²) in [5, 5.41) is 23.6. The quantitative estimate of drug-likeness (QED) is 0.0323. The Kier molecular flexibility index (Phi) is 44.6. The monoisotopic (exact) mass is 816 g/mol. The molecular formula is C52H97NO5. The number of hydrogen-bond donors (Lipinski definition) is 3. The number of ether oxygens (including phenoxy) is 1. The summed E-state index contributed by atoms with van der Waals surface area (Å²) in [5.74, 6) is -0.485. The minimum absolute atomic E-state index is 0.0673. The molecule has 0 saturated heterocycles. The highest BCUT2D eigenvalue weighted by molar-refractivity contribution is 5.77. The number of esters is 1. The molecule has 0 saturated carbocycles. The molecule has 0 aromatic carbocycles. The van der Waals surface area contributed by atoms with Gasteiger partial charge in [-0.25, -0.2) is 0 Å². The van der Waals surface area contributed by atoms with Crippen LogP contribution in [0, 0.1) is 0 Å². The second kappa shape index (κ2) is 46.2. The first-order chi connectivity index (χ1) is 28.5. The van der Waals surface area contributed by atoms with Crippen molar-refractivity contribution in [2.75, 3.05) is 6.61 Å². The van der Waals surface area contributed by atoms with Gasteiger partial charge in [-0.15, -0.1) is 0 Å². The van der Waals surface area contributed by atoms with Gasteiger partial charge in [0.2, 0.25) is 5.91 Å².